The van der Waals surface area contributed by atoms with Gasteiger partial charge >= 0.3 is 29.6 Å². The van der Waals surface area contributed by atoms with Gasteiger partial charge in [-0.15, -0.1) is 0 Å². The Kier molecular flexibility index (Phi) is 11.9. The molecule has 0 aliphatic heterocycles. The Morgan fingerprint density at radius 1 is 1.08 bits per heavy atom. The van der Waals surface area contributed by atoms with Gasteiger partial charge in [-0.1, -0.05) is 26.7 Å². The Balaban J connectivity index is 0. The average Bonchev–Trinajstić information content (AvgIpc) is 2.01. The van der Waals surface area contributed by atoms with Crippen LogP contribution < -0.4 is 0 Å². The van der Waals surface area contributed by atoms with E-state index in [0.717, 1.165) is 19.3 Å². The Morgan fingerprint density at radius 2 is 1.62 bits per heavy atom. The summed E-state index contributed by atoms with van der Waals surface area (Å²) in [5.41, 5.74) is 0. The third-order valence-corrected chi connectivity index (χ3v) is 2.82. The van der Waals surface area contributed by atoms with Gasteiger partial charge in [0.15, 0.2) is 0 Å². The van der Waals surface area contributed by atoms with E-state index in [-0.39, 0.29) is 35.3 Å². The standard InChI is InChI=1S/C8H18O3S.Na.H/c1-3-5-7-11-12(9,10)8-6-4-2;;/h3-8H2,1-2H3;;. The molecule has 3 nitrogen and oxygen atoms in total. The van der Waals surface area contributed by atoms with Crippen molar-refractivity contribution < 1.29 is 12.6 Å². The molecule has 0 amide bonds. The van der Waals surface area contributed by atoms with Crippen LogP contribution >= 0.6 is 0 Å². The van der Waals surface area contributed by atoms with Crippen molar-refractivity contribution in [3.63, 3.8) is 0 Å². The third-order valence-electron chi connectivity index (χ3n) is 1.51. The molecule has 0 aliphatic carbocycles. The van der Waals surface area contributed by atoms with Gasteiger partial charge in [-0.2, -0.15) is 8.42 Å². The fourth-order valence-electron chi connectivity index (χ4n) is 0.710. The summed E-state index contributed by atoms with van der Waals surface area (Å²) < 4.78 is 26.8. The molecule has 5 heteroatoms. The predicted octanol–water partition coefficient (Wildman–Crippen LogP) is 1.28. The second-order valence-corrected chi connectivity index (χ2v) is 4.55. The molecule has 0 N–H and O–H groups in total. The molecule has 0 aliphatic rings. The molecule has 0 unspecified atom stereocenters. The molecule has 0 atom stereocenters. The second kappa shape index (κ2) is 9.46. The van der Waals surface area contributed by atoms with Crippen LogP contribution in [0.1, 0.15) is 39.5 Å². The fourth-order valence-corrected chi connectivity index (χ4v) is 1.84. The number of hydrogen-bond donors (Lipinski definition) is 0. The first-order valence-corrected chi connectivity index (χ1v) is 6.07. The van der Waals surface area contributed by atoms with Crippen LogP contribution in [0.15, 0.2) is 0 Å². The van der Waals surface area contributed by atoms with Crippen LogP contribution in [0.5, 0.6) is 0 Å². The van der Waals surface area contributed by atoms with Crippen LogP contribution in [0.3, 0.4) is 0 Å². The van der Waals surface area contributed by atoms with Gasteiger partial charge in [0.1, 0.15) is 0 Å². The topological polar surface area (TPSA) is 43.4 Å². The van der Waals surface area contributed by atoms with Gasteiger partial charge in [-0.3, -0.25) is 4.18 Å². The quantitative estimate of drug-likeness (QED) is 0.367. The van der Waals surface area contributed by atoms with E-state index >= 15 is 0 Å². The molecule has 0 heterocycles. The minimum absolute atomic E-state index is 0. The van der Waals surface area contributed by atoms with Crippen LogP contribution in [-0.4, -0.2) is 50.3 Å². The molecule has 0 aromatic heterocycles. The number of hydrogen-bond acceptors (Lipinski definition) is 3. The van der Waals surface area contributed by atoms with E-state index in [9.17, 15) is 8.42 Å². The zero-order valence-electron chi connectivity index (χ0n) is 7.88. The van der Waals surface area contributed by atoms with Crippen LogP contribution in [0.4, 0.5) is 0 Å². The van der Waals surface area contributed by atoms with Crippen molar-refractivity contribution in [2.24, 2.45) is 0 Å². The second-order valence-electron chi connectivity index (χ2n) is 2.79. The van der Waals surface area contributed by atoms with Gasteiger partial charge in [-0.25, -0.2) is 0 Å². The fraction of sp³-hybridized carbons (Fsp3) is 1.00. The number of rotatable bonds is 7. The van der Waals surface area contributed by atoms with Crippen molar-refractivity contribution in [3.8, 4) is 0 Å². The van der Waals surface area contributed by atoms with Gasteiger partial charge in [0, 0.05) is 0 Å². The molecule has 0 radical (unpaired) electrons. The van der Waals surface area contributed by atoms with E-state index in [4.69, 9.17) is 4.18 Å². The van der Waals surface area contributed by atoms with Crippen LogP contribution in [0, 0.1) is 0 Å². The van der Waals surface area contributed by atoms with Crippen molar-refractivity contribution in [2.45, 2.75) is 39.5 Å². The maximum atomic E-state index is 11.0. The third kappa shape index (κ3) is 10.8. The molecule has 0 rings (SSSR count). The van der Waals surface area contributed by atoms with Crippen LogP contribution in [-0.2, 0) is 14.3 Å². The molecule has 76 valence electrons. The van der Waals surface area contributed by atoms with Crippen molar-refractivity contribution in [2.75, 3.05) is 12.4 Å². The Hall–Kier alpha value is 0.910. The Bertz CT molecular complexity index is 190. The molecule has 0 fully saturated rings. The van der Waals surface area contributed by atoms with E-state index < -0.39 is 10.1 Å². The summed E-state index contributed by atoms with van der Waals surface area (Å²) >= 11 is 0. The van der Waals surface area contributed by atoms with Crippen molar-refractivity contribution in [1.29, 1.82) is 0 Å². The van der Waals surface area contributed by atoms with E-state index in [1.165, 1.54) is 0 Å². The molecule has 0 bridgehead atoms. The molecule has 0 saturated carbocycles. The van der Waals surface area contributed by atoms with Crippen LogP contribution in [0.2, 0.25) is 0 Å². The Morgan fingerprint density at radius 3 is 2.08 bits per heavy atom. The Labute approximate surface area is 104 Å². The summed E-state index contributed by atoms with van der Waals surface area (Å²) in [6, 6.07) is 0. The minimum atomic E-state index is -3.22. The molecule has 0 saturated heterocycles. The normalized spacial score (nSPS) is 10.9. The molecular weight excluding hydrogens is 199 g/mol. The predicted molar refractivity (Wildman–Crippen MR) is 56.7 cm³/mol. The SMILES string of the molecule is CCCCOS(=O)(=O)CCCC.[NaH]. The molecule has 13 heavy (non-hydrogen) atoms. The van der Waals surface area contributed by atoms with E-state index in [1.54, 1.807) is 0 Å². The van der Waals surface area contributed by atoms with Crippen LogP contribution in [0.25, 0.3) is 0 Å². The van der Waals surface area contributed by atoms with Gasteiger partial charge in [-0.05, 0) is 12.8 Å². The van der Waals surface area contributed by atoms with E-state index in [1.807, 2.05) is 13.8 Å². The zero-order chi connectivity index (χ0) is 9.45. The van der Waals surface area contributed by atoms with Gasteiger partial charge in [0.25, 0.3) is 10.1 Å². The first-order valence-electron chi connectivity index (χ1n) is 4.49. The zero-order valence-corrected chi connectivity index (χ0v) is 8.69. The van der Waals surface area contributed by atoms with Gasteiger partial charge in [0.05, 0.1) is 12.4 Å². The monoisotopic (exact) mass is 218 g/mol. The molecule has 0 spiro atoms. The summed E-state index contributed by atoms with van der Waals surface area (Å²) in [5, 5.41) is 0. The van der Waals surface area contributed by atoms with Crippen molar-refractivity contribution >= 4 is 39.7 Å². The van der Waals surface area contributed by atoms with Crippen molar-refractivity contribution in [1.82, 2.24) is 0 Å². The maximum absolute atomic E-state index is 11.0. The number of unbranched alkanes of at least 4 members (excludes halogenated alkanes) is 2. The summed E-state index contributed by atoms with van der Waals surface area (Å²) in [4.78, 5) is 0. The summed E-state index contributed by atoms with van der Waals surface area (Å²) in [6.45, 7) is 4.30. The van der Waals surface area contributed by atoms with Gasteiger partial charge in [0.2, 0.25) is 0 Å². The molecular formula is C8H19NaO3S. The van der Waals surface area contributed by atoms with E-state index in [0.29, 0.717) is 13.0 Å². The van der Waals surface area contributed by atoms with Crippen molar-refractivity contribution in [3.05, 3.63) is 0 Å². The summed E-state index contributed by atoms with van der Waals surface area (Å²) in [6.07, 6.45) is 3.35. The summed E-state index contributed by atoms with van der Waals surface area (Å²) in [5.74, 6) is 0.160. The molecule has 0 aromatic rings. The first-order chi connectivity index (χ1) is 5.62. The first kappa shape index (κ1) is 16.3. The molecule has 0 aromatic carbocycles. The average molecular weight is 218 g/mol. The van der Waals surface area contributed by atoms with E-state index in [2.05, 4.69) is 0 Å². The van der Waals surface area contributed by atoms with Gasteiger partial charge < -0.3 is 0 Å². The summed E-state index contributed by atoms with van der Waals surface area (Å²) in [7, 11) is -3.22.